The summed E-state index contributed by atoms with van der Waals surface area (Å²) in [5.74, 6) is -0.190. The highest BCUT2D eigenvalue weighted by molar-refractivity contribution is 5.17. The van der Waals surface area contributed by atoms with E-state index in [9.17, 15) is 14.3 Å². The topological polar surface area (TPSA) is 45.5 Å². The SMILES string of the molecule is Cc1ccn(CC2(O)CCN(Cc3ccccc3F)CC2)c(=O)c1. The predicted molar refractivity (Wildman–Crippen MR) is 91.3 cm³/mol. The van der Waals surface area contributed by atoms with E-state index in [4.69, 9.17) is 0 Å². The van der Waals surface area contributed by atoms with Gasteiger partial charge in [-0.15, -0.1) is 0 Å². The molecule has 0 atom stereocenters. The largest absolute Gasteiger partial charge is 0.388 e. The Morgan fingerprint density at radius 3 is 2.58 bits per heavy atom. The fourth-order valence-corrected chi connectivity index (χ4v) is 3.21. The lowest BCUT2D eigenvalue weighted by molar-refractivity contribution is -0.0365. The Morgan fingerprint density at radius 1 is 1.21 bits per heavy atom. The molecule has 0 bridgehead atoms. The Kier molecular flexibility index (Phi) is 4.83. The summed E-state index contributed by atoms with van der Waals surface area (Å²) < 4.78 is 15.3. The van der Waals surface area contributed by atoms with Crippen LogP contribution in [-0.4, -0.2) is 33.3 Å². The van der Waals surface area contributed by atoms with E-state index in [-0.39, 0.29) is 11.4 Å². The number of benzene rings is 1. The molecule has 1 aromatic heterocycles. The molecule has 0 saturated carbocycles. The Hall–Kier alpha value is -1.98. The van der Waals surface area contributed by atoms with Gasteiger partial charge in [0.2, 0.25) is 0 Å². The summed E-state index contributed by atoms with van der Waals surface area (Å²) in [6.07, 6.45) is 2.88. The lowest BCUT2D eigenvalue weighted by atomic mass is 9.91. The van der Waals surface area contributed by atoms with Crippen molar-refractivity contribution in [2.75, 3.05) is 13.1 Å². The highest BCUT2D eigenvalue weighted by Gasteiger charge is 2.33. The van der Waals surface area contributed by atoms with E-state index in [1.54, 1.807) is 29.0 Å². The van der Waals surface area contributed by atoms with Crippen molar-refractivity contribution >= 4 is 0 Å². The van der Waals surface area contributed by atoms with Gasteiger partial charge in [0.15, 0.2) is 0 Å². The first-order valence-electron chi connectivity index (χ1n) is 8.30. The van der Waals surface area contributed by atoms with E-state index < -0.39 is 5.60 Å². The minimum absolute atomic E-state index is 0.0859. The second kappa shape index (κ2) is 6.87. The van der Waals surface area contributed by atoms with Crippen LogP contribution in [-0.2, 0) is 13.1 Å². The summed E-state index contributed by atoms with van der Waals surface area (Å²) >= 11 is 0. The van der Waals surface area contributed by atoms with Gasteiger partial charge in [-0.1, -0.05) is 18.2 Å². The summed E-state index contributed by atoms with van der Waals surface area (Å²) in [5.41, 5.74) is 0.628. The first kappa shape index (κ1) is 16.9. The second-order valence-corrected chi connectivity index (χ2v) is 6.76. The molecule has 128 valence electrons. The molecule has 0 radical (unpaired) electrons. The van der Waals surface area contributed by atoms with Gasteiger partial charge in [-0.2, -0.15) is 0 Å². The molecule has 1 aliphatic rings. The van der Waals surface area contributed by atoms with Crippen LogP contribution in [0.25, 0.3) is 0 Å². The van der Waals surface area contributed by atoms with Crippen molar-refractivity contribution in [3.63, 3.8) is 0 Å². The van der Waals surface area contributed by atoms with Gasteiger partial charge in [-0.3, -0.25) is 9.69 Å². The van der Waals surface area contributed by atoms with Gasteiger partial charge in [-0.05, 0) is 37.5 Å². The maximum absolute atomic E-state index is 13.7. The summed E-state index contributed by atoms with van der Waals surface area (Å²) in [7, 11) is 0. The van der Waals surface area contributed by atoms with Crippen LogP contribution >= 0.6 is 0 Å². The van der Waals surface area contributed by atoms with Crippen molar-refractivity contribution in [1.29, 1.82) is 0 Å². The van der Waals surface area contributed by atoms with Crippen molar-refractivity contribution < 1.29 is 9.50 Å². The van der Waals surface area contributed by atoms with Crippen molar-refractivity contribution in [1.82, 2.24) is 9.47 Å². The number of aromatic nitrogens is 1. The number of pyridine rings is 1. The van der Waals surface area contributed by atoms with Gasteiger partial charge >= 0.3 is 0 Å². The van der Waals surface area contributed by atoms with Gasteiger partial charge in [-0.25, -0.2) is 4.39 Å². The quantitative estimate of drug-likeness (QED) is 0.936. The zero-order valence-electron chi connectivity index (χ0n) is 13.9. The van der Waals surface area contributed by atoms with E-state index in [1.807, 2.05) is 19.1 Å². The van der Waals surface area contributed by atoms with Crippen molar-refractivity contribution in [2.24, 2.45) is 0 Å². The molecule has 0 amide bonds. The number of rotatable bonds is 4. The fraction of sp³-hybridized carbons (Fsp3) is 0.421. The van der Waals surface area contributed by atoms with E-state index in [0.717, 1.165) is 5.56 Å². The third-order valence-corrected chi connectivity index (χ3v) is 4.75. The Bertz CT molecular complexity index is 764. The van der Waals surface area contributed by atoms with Gasteiger partial charge in [0.05, 0.1) is 12.1 Å². The summed E-state index contributed by atoms with van der Waals surface area (Å²) in [4.78, 5) is 14.1. The normalized spacial score (nSPS) is 17.8. The van der Waals surface area contributed by atoms with Crippen LogP contribution in [0.1, 0.15) is 24.0 Å². The van der Waals surface area contributed by atoms with Crippen LogP contribution in [0.5, 0.6) is 0 Å². The monoisotopic (exact) mass is 330 g/mol. The minimum Gasteiger partial charge on any atom is -0.388 e. The number of piperidine rings is 1. The third-order valence-electron chi connectivity index (χ3n) is 4.75. The lowest BCUT2D eigenvalue weighted by Gasteiger charge is -2.38. The first-order chi connectivity index (χ1) is 11.5. The molecule has 1 fully saturated rings. The first-order valence-corrected chi connectivity index (χ1v) is 8.30. The average molecular weight is 330 g/mol. The molecule has 0 aliphatic carbocycles. The van der Waals surface area contributed by atoms with Gasteiger partial charge in [0.1, 0.15) is 5.82 Å². The molecule has 2 heterocycles. The Morgan fingerprint density at radius 2 is 1.92 bits per heavy atom. The Balaban J connectivity index is 1.61. The fourth-order valence-electron chi connectivity index (χ4n) is 3.21. The van der Waals surface area contributed by atoms with Crippen LogP contribution in [0.15, 0.2) is 47.4 Å². The van der Waals surface area contributed by atoms with Gasteiger partial charge in [0.25, 0.3) is 5.56 Å². The number of nitrogens with zero attached hydrogens (tertiary/aromatic N) is 2. The molecule has 1 aliphatic heterocycles. The number of likely N-dealkylation sites (tertiary alicyclic amines) is 1. The lowest BCUT2D eigenvalue weighted by Crippen LogP contribution is -2.47. The van der Waals surface area contributed by atoms with Crippen LogP contribution in [0.4, 0.5) is 4.39 Å². The van der Waals surface area contributed by atoms with Crippen LogP contribution in [0.3, 0.4) is 0 Å². The van der Waals surface area contributed by atoms with E-state index in [1.165, 1.54) is 6.07 Å². The van der Waals surface area contributed by atoms with Crippen LogP contribution in [0, 0.1) is 12.7 Å². The molecular formula is C19H23FN2O2. The highest BCUT2D eigenvalue weighted by atomic mass is 19.1. The van der Waals surface area contributed by atoms with Gasteiger partial charge in [0, 0.05) is 37.5 Å². The second-order valence-electron chi connectivity index (χ2n) is 6.76. The number of aryl methyl sites for hydroxylation is 1. The molecule has 3 rings (SSSR count). The number of aliphatic hydroxyl groups is 1. The summed E-state index contributed by atoms with van der Waals surface area (Å²) in [5, 5.41) is 10.8. The maximum Gasteiger partial charge on any atom is 0.250 e. The maximum atomic E-state index is 13.7. The molecule has 1 saturated heterocycles. The van der Waals surface area contributed by atoms with E-state index in [2.05, 4.69) is 4.90 Å². The number of hydrogen-bond donors (Lipinski definition) is 1. The molecule has 1 N–H and O–H groups in total. The predicted octanol–water partition coefficient (Wildman–Crippen LogP) is 2.32. The van der Waals surface area contributed by atoms with Gasteiger partial charge < -0.3 is 9.67 Å². The van der Waals surface area contributed by atoms with Crippen molar-refractivity contribution in [2.45, 2.75) is 38.5 Å². The van der Waals surface area contributed by atoms with Crippen molar-refractivity contribution in [3.8, 4) is 0 Å². The molecule has 0 unspecified atom stereocenters. The zero-order chi connectivity index (χ0) is 17.2. The minimum atomic E-state index is -0.884. The molecule has 4 nitrogen and oxygen atoms in total. The Labute approximate surface area is 141 Å². The molecule has 1 aromatic carbocycles. The third kappa shape index (κ3) is 3.91. The molecular weight excluding hydrogens is 307 g/mol. The molecule has 5 heteroatoms. The van der Waals surface area contributed by atoms with E-state index in [0.29, 0.717) is 44.6 Å². The molecule has 0 spiro atoms. The summed E-state index contributed by atoms with van der Waals surface area (Å²) in [6.45, 7) is 4.10. The van der Waals surface area contributed by atoms with Crippen LogP contribution in [0.2, 0.25) is 0 Å². The van der Waals surface area contributed by atoms with E-state index >= 15 is 0 Å². The number of hydrogen-bond acceptors (Lipinski definition) is 3. The average Bonchev–Trinajstić information content (AvgIpc) is 2.55. The highest BCUT2D eigenvalue weighted by Crippen LogP contribution is 2.25. The standard InChI is InChI=1S/C19H23FN2O2/c1-15-6-9-22(18(23)12-15)14-19(24)7-10-21(11-8-19)13-16-4-2-3-5-17(16)20/h2-6,9,12,24H,7-8,10-11,13-14H2,1H3. The summed E-state index contributed by atoms with van der Waals surface area (Å²) in [6, 6.07) is 10.2. The van der Waals surface area contributed by atoms with Crippen LogP contribution < -0.4 is 5.56 Å². The zero-order valence-corrected chi connectivity index (χ0v) is 13.9. The molecule has 2 aromatic rings. The smallest absolute Gasteiger partial charge is 0.250 e. The molecule has 24 heavy (non-hydrogen) atoms. The van der Waals surface area contributed by atoms with Crippen molar-refractivity contribution in [3.05, 3.63) is 69.9 Å². The number of halogens is 1.